The van der Waals surface area contributed by atoms with Crippen LogP contribution in [0.4, 0.5) is 5.82 Å². The van der Waals surface area contributed by atoms with Crippen LogP contribution in [0.25, 0.3) is 0 Å². The van der Waals surface area contributed by atoms with Crippen molar-refractivity contribution in [3.8, 4) is 0 Å². The summed E-state index contributed by atoms with van der Waals surface area (Å²) in [6.07, 6.45) is 2.21. The number of rotatable bonds is 4. The molecule has 0 radical (unpaired) electrons. The Hall–Kier alpha value is -1.62. The number of halogens is 1. The zero-order chi connectivity index (χ0) is 13.1. The minimum absolute atomic E-state index is 0.481. The van der Waals surface area contributed by atoms with Gasteiger partial charge in [0.1, 0.15) is 23.1 Å². The van der Waals surface area contributed by atoms with Crippen LogP contribution in [0.1, 0.15) is 29.8 Å². The van der Waals surface area contributed by atoms with Gasteiger partial charge >= 0.3 is 0 Å². The van der Waals surface area contributed by atoms with E-state index in [1.54, 1.807) is 0 Å². The lowest BCUT2D eigenvalue weighted by molar-refractivity contribution is 0.478. The van der Waals surface area contributed by atoms with Gasteiger partial charge in [0, 0.05) is 5.56 Å². The van der Waals surface area contributed by atoms with Crippen LogP contribution in [0.15, 0.2) is 10.7 Å². The molecule has 0 aliphatic heterocycles. The van der Waals surface area contributed by atoms with Gasteiger partial charge in [0.25, 0.3) is 0 Å². The number of aryl methyl sites for hydroxylation is 2. The molecule has 18 heavy (non-hydrogen) atoms. The monoisotopic (exact) mass is 266 g/mol. The van der Waals surface area contributed by atoms with Crippen LogP contribution < -0.4 is 5.32 Å². The first-order valence-electron chi connectivity index (χ1n) is 5.78. The van der Waals surface area contributed by atoms with Crippen LogP contribution in [-0.4, -0.2) is 15.0 Å². The van der Waals surface area contributed by atoms with E-state index in [0.29, 0.717) is 17.6 Å². The van der Waals surface area contributed by atoms with Gasteiger partial charge in [-0.15, -0.1) is 0 Å². The van der Waals surface area contributed by atoms with Crippen LogP contribution in [0, 0.1) is 13.8 Å². The fourth-order valence-electron chi connectivity index (χ4n) is 1.63. The molecule has 0 aromatic carbocycles. The first kappa shape index (κ1) is 12.8. The molecule has 0 unspecified atom stereocenters. The Labute approximate surface area is 111 Å². The minimum atomic E-state index is 0.481. The molecule has 0 aliphatic carbocycles. The van der Waals surface area contributed by atoms with Gasteiger partial charge in [-0.2, -0.15) is 0 Å². The molecule has 0 bridgehead atoms. The Morgan fingerprint density at radius 2 is 2.11 bits per heavy atom. The van der Waals surface area contributed by atoms with Crippen molar-refractivity contribution < 1.29 is 4.42 Å². The Kier molecular flexibility index (Phi) is 3.81. The number of nitrogens with one attached hydrogen (secondary N) is 1. The van der Waals surface area contributed by atoms with Crippen LogP contribution in [0.3, 0.4) is 0 Å². The third-order valence-corrected chi connectivity index (χ3v) is 3.05. The Balaban J connectivity index is 2.13. The Morgan fingerprint density at radius 3 is 2.72 bits per heavy atom. The van der Waals surface area contributed by atoms with E-state index < -0.39 is 0 Å². The molecule has 0 amide bonds. The van der Waals surface area contributed by atoms with E-state index in [1.807, 2.05) is 20.8 Å². The zero-order valence-electron chi connectivity index (χ0n) is 10.6. The fourth-order valence-corrected chi connectivity index (χ4v) is 1.90. The highest BCUT2D eigenvalue weighted by atomic mass is 35.5. The van der Waals surface area contributed by atoms with E-state index >= 15 is 0 Å². The van der Waals surface area contributed by atoms with Crippen LogP contribution in [0.5, 0.6) is 0 Å². The zero-order valence-corrected chi connectivity index (χ0v) is 11.4. The Morgan fingerprint density at radius 1 is 1.33 bits per heavy atom. The van der Waals surface area contributed by atoms with Gasteiger partial charge in [-0.25, -0.2) is 15.0 Å². The second-order valence-electron chi connectivity index (χ2n) is 3.95. The van der Waals surface area contributed by atoms with Crippen molar-refractivity contribution in [2.45, 2.75) is 33.7 Å². The number of anilines is 1. The number of aromatic nitrogens is 3. The van der Waals surface area contributed by atoms with Crippen molar-refractivity contribution in [2.75, 3.05) is 5.32 Å². The topological polar surface area (TPSA) is 63.8 Å². The number of hydrogen-bond donors (Lipinski definition) is 1. The molecular formula is C12H15ClN4O. The smallest absolute Gasteiger partial charge is 0.213 e. The van der Waals surface area contributed by atoms with Gasteiger partial charge in [0.05, 0.1) is 12.2 Å². The molecule has 0 atom stereocenters. The van der Waals surface area contributed by atoms with E-state index in [4.69, 9.17) is 16.0 Å². The third kappa shape index (κ3) is 2.61. The van der Waals surface area contributed by atoms with Crippen LogP contribution in [0.2, 0.25) is 5.15 Å². The SMILES string of the molecule is CCc1c(Cl)ncnc1NCc1nc(C)c(C)o1. The summed E-state index contributed by atoms with van der Waals surface area (Å²) in [7, 11) is 0. The predicted octanol–water partition coefficient (Wildman–Crippen LogP) is 2.91. The Bertz CT molecular complexity index is 534. The lowest BCUT2D eigenvalue weighted by Crippen LogP contribution is -2.05. The molecule has 0 fully saturated rings. The number of oxazole rings is 1. The standard InChI is InChI=1S/C12H15ClN4O/c1-4-9-11(13)15-6-16-12(9)14-5-10-17-7(2)8(3)18-10/h6H,4-5H2,1-3H3,(H,14,15,16). The highest BCUT2D eigenvalue weighted by Crippen LogP contribution is 2.20. The summed E-state index contributed by atoms with van der Waals surface area (Å²) in [5.74, 6) is 2.20. The normalized spacial score (nSPS) is 10.7. The van der Waals surface area contributed by atoms with Crippen molar-refractivity contribution in [1.29, 1.82) is 0 Å². The molecule has 5 nitrogen and oxygen atoms in total. The van der Waals surface area contributed by atoms with E-state index in [-0.39, 0.29) is 0 Å². The summed E-state index contributed by atoms with van der Waals surface area (Å²) in [6.45, 7) is 6.30. The maximum Gasteiger partial charge on any atom is 0.213 e. The van der Waals surface area contributed by atoms with Crippen molar-refractivity contribution >= 4 is 17.4 Å². The van der Waals surface area contributed by atoms with Gasteiger partial charge in [-0.05, 0) is 20.3 Å². The van der Waals surface area contributed by atoms with E-state index in [2.05, 4.69) is 20.3 Å². The minimum Gasteiger partial charge on any atom is -0.444 e. The largest absolute Gasteiger partial charge is 0.444 e. The first-order chi connectivity index (χ1) is 8.61. The van der Waals surface area contributed by atoms with E-state index in [0.717, 1.165) is 29.3 Å². The summed E-state index contributed by atoms with van der Waals surface area (Å²) < 4.78 is 5.49. The van der Waals surface area contributed by atoms with E-state index in [1.165, 1.54) is 6.33 Å². The summed E-state index contributed by atoms with van der Waals surface area (Å²) in [5.41, 5.74) is 1.81. The second kappa shape index (κ2) is 5.35. The van der Waals surface area contributed by atoms with Crippen LogP contribution >= 0.6 is 11.6 Å². The summed E-state index contributed by atoms with van der Waals surface area (Å²) in [4.78, 5) is 12.4. The highest BCUT2D eigenvalue weighted by molar-refractivity contribution is 6.30. The first-order valence-corrected chi connectivity index (χ1v) is 6.15. The summed E-state index contributed by atoms with van der Waals surface area (Å²) in [6, 6.07) is 0. The van der Waals surface area contributed by atoms with Crippen molar-refractivity contribution in [1.82, 2.24) is 15.0 Å². The van der Waals surface area contributed by atoms with Crippen LogP contribution in [-0.2, 0) is 13.0 Å². The molecule has 0 saturated carbocycles. The van der Waals surface area contributed by atoms with Gasteiger partial charge in [0.15, 0.2) is 0 Å². The second-order valence-corrected chi connectivity index (χ2v) is 4.31. The maximum atomic E-state index is 6.01. The van der Waals surface area contributed by atoms with E-state index in [9.17, 15) is 0 Å². The lowest BCUT2D eigenvalue weighted by Gasteiger charge is -2.08. The summed E-state index contributed by atoms with van der Waals surface area (Å²) in [5, 5.41) is 3.65. The molecule has 2 rings (SSSR count). The van der Waals surface area contributed by atoms with Crippen molar-refractivity contribution in [3.05, 3.63) is 34.4 Å². The predicted molar refractivity (Wildman–Crippen MR) is 69.7 cm³/mol. The number of hydrogen-bond acceptors (Lipinski definition) is 5. The van der Waals surface area contributed by atoms with Crippen molar-refractivity contribution in [2.24, 2.45) is 0 Å². The molecule has 96 valence electrons. The third-order valence-electron chi connectivity index (χ3n) is 2.73. The van der Waals surface area contributed by atoms with Gasteiger partial charge in [-0.3, -0.25) is 0 Å². The summed E-state index contributed by atoms with van der Waals surface area (Å²) >= 11 is 6.01. The molecule has 2 aromatic heterocycles. The molecular weight excluding hydrogens is 252 g/mol. The molecule has 0 aliphatic rings. The average Bonchev–Trinajstić information content (AvgIpc) is 2.66. The highest BCUT2D eigenvalue weighted by Gasteiger charge is 2.10. The van der Waals surface area contributed by atoms with Crippen molar-refractivity contribution in [3.63, 3.8) is 0 Å². The molecule has 0 spiro atoms. The van der Waals surface area contributed by atoms with Gasteiger partial charge in [0.2, 0.25) is 5.89 Å². The van der Waals surface area contributed by atoms with Gasteiger partial charge in [-0.1, -0.05) is 18.5 Å². The number of nitrogens with zero attached hydrogens (tertiary/aromatic N) is 3. The van der Waals surface area contributed by atoms with Gasteiger partial charge < -0.3 is 9.73 Å². The molecule has 2 heterocycles. The molecule has 6 heteroatoms. The fraction of sp³-hybridized carbons (Fsp3) is 0.417. The lowest BCUT2D eigenvalue weighted by atomic mass is 10.2. The molecule has 0 saturated heterocycles. The molecule has 2 aromatic rings. The average molecular weight is 267 g/mol. The molecule has 1 N–H and O–H groups in total. The maximum absolute atomic E-state index is 6.01. The quantitative estimate of drug-likeness (QED) is 0.862.